The van der Waals surface area contributed by atoms with E-state index in [-0.39, 0.29) is 35.7 Å². The molecule has 27 heavy (non-hydrogen) atoms. The molecule has 0 saturated heterocycles. The highest BCUT2D eigenvalue weighted by Crippen LogP contribution is 2.42. The maximum Gasteiger partial charge on any atom is 0.350 e. The van der Waals surface area contributed by atoms with Crippen LogP contribution in [-0.2, 0) is 14.9 Å². The van der Waals surface area contributed by atoms with Crippen LogP contribution in [0.3, 0.4) is 0 Å². The largest absolute Gasteiger partial charge is 0.465 e. The summed E-state index contributed by atoms with van der Waals surface area (Å²) in [4.78, 5) is 29.9. The molecule has 0 radical (unpaired) electrons. The van der Waals surface area contributed by atoms with E-state index in [1.54, 1.807) is 0 Å². The van der Waals surface area contributed by atoms with Crippen molar-refractivity contribution in [1.29, 1.82) is 0 Å². The Bertz CT molecular complexity index is 687. The molecule has 3 rings (SSSR count). The molecule has 2 aliphatic carbocycles. The Hall–Kier alpha value is -1.18. The number of fused-ring (bicyclic) bond motifs is 2. The predicted octanol–water partition coefficient (Wildman–Crippen LogP) is 3.74. The van der Waals surface area contributed by atoms with Gasteiger partial charge in [-0.05, 0) is 37.5 Å². The number of nitrogens with zero attached hydrogens (tertiary/aromatic N) is 1. The Labute approximate surface area is 171 Å². The third-order valence-electron chi connectivity index (χ3n) is 5.72. The molecule has 0 aliphatic heterocycles. The summed E-state index contributed by atoms with van der Waals surface area (Å²) in [6.45, 7) is 5.97. The van der Waals surface area contributed by atoms with Crippen molar-refractivity contribution >= 4 is 40.8 Å². The number of amides is 1. The van der Waals surface area contributed by atoms with Gasteiger partial charge in [-0.25, -0.2) is 9.78 Å². The SMILES string of the molecule is COC(=O)c1sc(NC(=O)C2CC3CCCC(C2)C3N)nc1C(C)(C)C.Cl. The summed E-state index contributed by atoms with van der Waals surface area (Å²) < 4.78 is 4.87. The second kappa shape index (κ2) is 8.45. The standard InChI is InChI=1S/C19H29N3O3S.ClH/c1-19(2,3)15-14(17(24)25-4)26-18(21-15)22-16(23)12-8-10-6-5-7-11(9-12)13(10)20;/h10-13H,5-9,20H2,1-4H3,(H,21,22,23);1H. The molecule has 2 atom stereocenters. The minimum atomic E-state index is -0.411. The van der Waals surface area contributed by atoms with Crippen LogP contribution in [0.5, 0.6) is 0 Å². The lowest BCUT2D eigenvalue weighted by Crippen LogP contribution is -2.48. The van der Waals surface area contributed by atoms with E-state index in [2.05, 4.69) is 10.3 Å². The smallest absolute Gasteiger partial charge is 0.350 e. The highest BCUT2D eigenvalue weighted by Gasteiger charge is 2.40. The van der Waals surface area contributed by atoms with Crippen molar-refractivity contribution in [2.24, 2.45) is 23.5 Å². The topological polar surface area (TPSA) is 94.3 Å². The second-order valence-corrected chi connectivity index (χ2v) is 9.62. The first-order chi connectivity index (χ1) is 12.2. The summed E-state index contributed by atoms with van der Waals surface area (Å²) in [6, 6.07) is 0.242. The first-order valence-corrected chi connectivity index (χ1v) is 10.2. The van der Waals surface area contributed by atoms with Crippen LogP contribution < -0.4 is 11.1 Å². The molecular formula is C19H30ClN3O3S. The molecular weight excluding hydrogens is 386 g/mol. The average molecular weight is 416 g/mol. The zero-order chi connectivity index (χ0) is 19.1. The van der Waals surface area contributed by atoms with Crippen molar-refractivity contribution in [1.82, 2.24) is 4.98 Å². The zero-order valence-corrected chi connectivity index (χ0v) is 18.0. The number of rotatable bonds is 3. The third kappa shape index (κ3) is 4.63. The molecule has 2 bridgehead atoms. The van der Waals surface area contributed by atoms with Crippen molar-refractivity contribution < 1.29 is 14.3 Å². The van der Waals surface area contributed by atoms with E-state index in [1.807, 2.05) is 20.8 Å². The summed E-state index contributed by atoms with van der Waals surface area (Å²) >= 11 is 1.19. The summed E-state index contributed by atoms with van der Waals surface area (Å²) in [7, 11) is 1.36. The van der Waals surface area contributed by atoms with Crippen LogP contribution in [0, 0.1) is 17.8 Å². The van der Waals surface area contributed by atoms with Crippen LogP contribution in [0.2, 0.25) is 0 Å². The molecule has 8 heteroatoms. The molecule has 3 N–H and O–H groups in total. The number of carbonyl (C=O) groups is 2. The van der Waals surface area contributed by atoms with Crippen molar-refractivity contribution in [3.63, 3.8) is 0 Å². The van der Waals surface area contributed by atoms with Gasteiger partial charge in [-0.1, -0.05) is 38.5 Å². The van der Waals surface area contributed by atoms with Crippen LogP contribution in [0.15, 0.2) is 0 Å². The van der Waals surface area contributed by atoms with Gasteiger partial charge in [-0.2, -0.15) is 0 Å². The summed E-state index contributed by atoms with van der Waals surface area (Å²) in [5.74, 6) is 0.467. The number of hydrogen-bond donors (Lipinski definition) is 2. The Kier molecular flexibility index (Phi) is 6.92. The molecule has 1 amide bonds. The lowest BCUT2D eigenvalue weighted by Gasteiger charge is -2.43. The number of ether oxygens (including phenoxy) is 1. The first-order valence-electron chi connectivity index (χ1n) is 9.36. The van der Waals surface area contributed by atoms with Crippen molar-refractivity contribution in [2.75, 3.05) is 12.4 Å². The maximum atomic E-state index is 12.8. The molecule has 0 spiro atoms. The lowest BCUT2D eigenvalue weighted by molar-refractivity contribution is -0.122. The minimum absolute atomic E-state index is 0. The van der Waals surface area contributed by atoms with E-state index in [0.29, 0.717) is 27.5 Å². The van der Waals surface area contributed by atoms with Crippen LogP contribution in [0.25, 0.3) is 0 Å². The maximum absolute atomic E-state index is 12.8. The number of thiazole rings is 1. The van der Waals surface area contributed by atoms with Gasteiger partial charge in [0.2, 0.25) is 5.91 Å². The Morgan fingerprint density at radius 2 is 1.81 bits per heavy atom. The van der Waals surface area contributed by atoms with Gasteiger partial charge in [-0.3, -0.25) is 4.79 Å². The number of nitrogens with two attached hydrogens (primary N) is 1. The fourth-order valence-corrected chi connectivity index (χ4v) is 5.42. The fraction of sp³-hybridized carbons (Fsp3) is 0.737. The monoisotopic (exact) mass is 415 g/mol. The Morgan fingerprint density at radius 1 is 1.22 bits per heavy atom. The third-order valence-corrected chi connectivity index (χ3v) is 6.67. The summed E-state index contributed by atoms with van der Waals surface area (Å²) in [6.07, 6.45) is 5.18. The molecule has 2 saturated carbocycles. The fourth-order valence-electron chi connectivity index (χ4n) is 4.32. The average Bonchev–Trinajstić information content (AvgIpc) is 2.98. The van der Waals surface area contributed by atoms with Gasteiger partial charge in [0.05, 0.1) is 12.8 Å². The predicted molar refractivity (Wildman–Crippen MR) is 110 cm³/mol. The normalized spacial score (nSPS) is 27.4. The van der Waals surface area contributed by atoms with E-state index < -0.39 is 5.97 Å². The number of nitrogens with one attached hydrogen (secondary N) is 1. The van der Waals surface area contributed by atoms with Crippen LogP contribution >= 0.6 is 23.7 Å². The quantitative estimate of drug-likeness (QED) is 0.733. The van der Waals surface area contributed by atoms with Crippen molar-refractivity contribution in [3.05, 3.63) is 10.6 Å². The van der Waals surface area contributed by atoms with Gasteiger partial charge in [0.1, 0.15) is 4.88 Å². The Balaban J connectivity index is 0.00000261. The second-order valence-electron chi connectivity index (χ2n) is 8.62. The molecule has 1 aromatic heterocycles. The lowest BCUT2D eigenvalue weighted by atomic mass is 9.65. The number of halogens is 1. The van der Waals surface area contributed by atoms with Crippen LogP contribution in [0.4, 0.5) is 5.13 Å². The molecule has 2 unspecified atom stereocenters. The van der Waals surface area contributed by atoms with E-state index in [9.17, 15) is 9.59 Å². The zero-order valence-electron chi connectivity index (χ0n) is 16.4. The van der Waals surface area contributed by atoms with Crippen LogP contribution in [0.1, 0.15) is 68.2 Å². The van der Waals surface area contributed by atoms with E-state index in [1.165, 1.54) is 24.9 Å². The molecule has 6 nitrogen and oxygen atoms in total. The molecule has 0 aromatic carbocycles. The van der Waals surface area contributed by atoms with Crippen LogP contribution in [-0.4, -0.2) is 30.0 Å². The number of carbonyl (C=O) groups excluding carboxylic acids is 2. The van der Waals surface area contributed by atoms with Crippen molar-refractivity contribution in [3.8, 4) is 0 Å². The molecule has 2 aliphatic rings. The van der Waals surface area contributed by atoms with Gasteiger partial charge in [-0.15, -0.1) is 12.4 Å². The number of esters is 1. The molecule has 1 heterocycles. The van der Waals surface area contributed by atoms with E-state index in [4.69, 9.17) is 10.5 Å². The van der Waals surface area contributed by atoms with E-state index >= 15 is 0 Å². The summed E-state index contributed by atoms with van der Waals surface area (Å²) in [5.41, 5.74) is 6.68. The number of hydrogen-bond acceptors (Lipinski definition) is 6. The molecule has 1 aromatic rings. The van der Waals surface area contributed by atoms with Gasteiger partial charge < -0.3 is 15.8 Å². The van der Waals surface area contributed by atoms with Gasteiger partial charge in [0.15, 0.2) is 5.13 Å². The van der Waals surface area contributed by atoms with Gasteiger partial charge in [0.25, 0.3) is 0 Å². The number of methoxy groups -OCH3 is 1. The highest BCUT2D eigenvalue weighted by molar-refractivity contribution is 7.17. The van der Waals surface area contributed by atoms with Gasteiger partial charge in [0, 0.05) is 17.4 Å². The number of aromatic nitrogens is 1. The minimum Gasteiger partial charge on any atom is -0.465 e. The number of anilines is 1. The molecule has 152 valence electrons. The first kappa shape index (κ1) is 22.1. The van der Waals surface area contributed by atoms with Gasteiger partial charge >= 0.3 is 5.97 Å². The van der Waals surface area contributed by atoms with E-state index in [0.717, 1.165) is 25.7 Å². The molecule has 2 fully saturated rings. The highest BCUT2D eigenvalue weighted by atomic mass is 35.5. The van der Waals surface area contributed by atoms with Crippen molar-refractivity contribution in [2.45, 2.75) is 64.3 Å². The summed E-state index contributed by atoms with van der Waals surface area (Å²) in [5, 5.41) is 3.42. The Morgan fingerprint density at radius 3 is 2.33 bits per heavy atom.